The van der Waals surface area contributed by atoms with Gasteiger partial charge in [-0.3, -0.25) is 4.68 Å². The van der Waals surface area contributed by atoms with Gasteiger partial charge in [-0.1, -0.05) is 18.2 Å². The molecule has 6 nitrogen and oxygen atoms in total. The van der Waals surface area contributed by atoms with Gasteiger partial charge in [-0.15, -0.1) is 0 Å². The van der Waals surface area contributed by atoms with Crippen molar-refractivity contribution < 1.29 is 0 Å². The molecule has 3 aromatic rings. The fourth-order valence-electron chi connectivity index (χ4n) is 2.54. The lowest BCUT2D eigenvalue weighted by molar-refractivity contribution is 0.364. The first-order valence-electron chi connectivity index (χ1n) is 7.82. The van der Waals surface area contributed by atoms with Crippen LogP contribution in [0.5, 0.6) is 0 Å². The molecule has 0 aliphatic heterocycles. The van der Waals surface area contributed by atoms with Gasteiger partial charge in [0.1, 0.15) is 12.7 Å². The van der Waals surface area contributed by atoms with Gasteiger partial charge < -0.3 is 5.32 Å². The predicted octanol–water partition coefficient (Wildman–Crippen LogP) is 2.51. The zero-order chi connectivity index (χ0) is 16.2. The van der Waals surface area contributed by atoms with Crippen molar-refractivity contribution >= 4 is 0 Å². The number of nitrogens with one attached hydrogen (secondary N) is 1. The Kier molecular flexibility index (Phi) is 4.52. The quantitative estimate of drug-likeness (QED) is 0.760. The molecule has 0 aliphatic carbocycles. The number of hydrogen-bond acceptors (Lipinski definition) is 4. The third-order valence-corrected chi connectivity index (χ3v) is 4.14. The molecule has 2 aromatic heterocycles. The topological polar surface area (TPSA) is 60.6 Å². The molecule has 0 amide bonds. The smallest absolute Gasteiger partial charge is 0.138 e. The first-order valence-corrected chi connectivity index (χ1v) is 7.82. The maximum atomic E-state index is 4.40. The summed E-state index contributed by atoms with van der Waals surface area (Å²) in [4.78, 5) is 4.02. The molecule has 0 saturated carbocycles. The van der Waals surface area contributed by atoms with Gasteiger partial charge in [0.05, 0.1) is 17.9 Å². The predicted molar refractivity (Wildman–Crippen MR) is 89.3 cm³/mol. The van der Waals surface area contributed by atoms with Crippen molar-refractivity contribution in [3.05, 3.63) is 60.4 Å². The van der Waals surface area contributed by atoms with Gasteiger partial charge in [-0.2, -0.15) is 10.2 Å². The molecule has 0 spiro atoms. The van der Waals surface area contributed by atoms with Crippen molar-refractivity contribution in [3.8, 4) is 5.69 Å². The van der Waals surface area contributed by atoms with Crippen LogP contribution in [0.2, 0.25) is 0 Å². The van der Waals surface area contributed by atoms with Gasteiger partial charge in [0.15, 0.2) is 0 Å². The highest BCUT2D eigenvalue weighted by atomic mass is 15.3. The Hall–Kier alpha value is -2.47. The average molecular weight is 310 g/mol. The molecular formula is C17H22N6. The Morgan fingerprint density at radius 1 is 1.17 bits per heavy atom. The summed E-state index contributed by atoms with van der Waals surface area (Å²) < 4.78 is 3.80. The van der Waals surface area contributed by atoms with E-state index < -0.39 is 0 Å². The summed E-state index contributed by atoms with van der Waals surface area (Å²) in [5.41, 5.74) is 3.42. The Bertz CT molecular complexity index is 746. The number of aryl methyl sites for hydroxylation is 1. The van der Waals surface area contributed by atoms with Crippen LogP contribution in [0, 0.1) is 6.92 Å². The summed E-state index contributed by atoms with van der Waals surface area (Å²) >= 11 is 0. The normalized spacial score (nSPS) is 13.9. The van der Waals surface area contributed by atoms with Crippen LogP contribution in [0.15, 0.2) is 49.3 Å². The summed E-state index contributed by atoms with van der Waals surface area (Å²) in [5.74, 6) is 0. The molecule has 0 fully saturated rings. The van der Waals surface area contributed by atoms with Crippen LogP contribution in [-0.2, 0) is 6.54 Å². The lowest BCUT2D eigenvalue weighted by atomic mass is 10.1. The highest BCUT2D eigenvalue weighted by Crippen LogP contribution is 2.15. The number of para-hydroxylation sites is 1. The number of nitrogens with zero attached hydrogens (tertiary/aromatic N) is 5. The van der Waals surface area contributed by atoms with Crippen LogP contribution in [0.25, 0.3) is 5.69 Å². The first-order chi connectivity index (χ1) is 11.1. The SMILES string of the molecule is Cc1cnn([C@H](C)[C@H](C)NCc2ccccc2-n2cncn2)c1. The molecule has 0 aliphatic rings. The van der Waals surface area contributed by atoms with E-state index in [0.717, 1.165) is 12.2 Å². The van der Waals surface area contributed by atoms with Gasteiger partial charge in [0, 0.05) is 18.8 Å². The van der Waals surface area contributed by atoms with E-state index in [0.29, 0.717) is 0 Å². The Morgan fingerprint density at radius 2 is 2.00 bits per heavy atom. The van der Waals surface area contributed by atoms with E-state index in [1.807, 2.05) is 23.0 Å². The van der Waals surface area contributed by atoms with Gasteiger partial charge >= 0.3 is 0 Å². The second-order valence-electron chi connectivity index (χ2n) is 5.88. The monoisotopic (exact) mass is 310 g/mol. The van der Waals surface area contributed by atoms with Gasteiger partial charge in [-0.25, -0.2) is 9.67 Å². The second kappa shape index (κ2) is 6.75. The fraction of sp³-hybridized carbons (Fsp3) is 0.353. The zero-order valence-corrected chi connectivity index (χ0v) is 13.7. The van der Waals surface area contributed by atoms with Crippen molar-refractivity contribution in [2.24, 2.45) is 0 Å². The summed E-state index contributed by atoms with van der Waals surface area (Å²) in [6.07, 6.45) is 7.24. The minimum absolute atomic E-state index is 0.280. The minimum atomic E-state index is 0.280. The van der Waals surface area contributed by atoms with E-state index in [1.54, 1.807) is 17.3 Å². The van der Waals surface area contributed by atoms with Gasteiger partial charge in [0.25, 0.3) is 0 Å². The number of hydrogen-bond donors (Lipinski definition) is 1. The van der Waals surface area contributed by atoms with E-state index >= 15 is 0 Å². The molecule has 6 heteroatoms. The molecule has 120 valence electrons. The second-order valence-corrected chi connectivity index (χ2v) is 5.88. The van der Waals surface area contributed by atoms with E-state index in [4.69, 9.17) is 0 Å². The summed E-state index contributed by atoms with van der Waals surface area (Å²) in [7, 11) is 0. The van der Waals surface area contributed by atoms with E-state index in [1.165, 1.54) is 11.1 Å². The Labute approximate surface area is 136 Å². The van der Waals surface area contributed by atoms with Gasteiger partial charge in [0.2, 0.25) is 0 Å². The fourth-order valence-corrected chi connectivity index (χ4v) is 2.54. The molecule has 0 bridgehead atoms. The van der Waals surface area contributed by atoms with Crippen LogP contribution >= 0.6 is 0 Å². The Morgan fingerprint density at radius 3 is 2.70 bits per heavy atom. The number of rotatable bonds is 6. The van der Waals surface area contributed by atoms with Crippen LogP contribution in [0.3, 0.4) is 0 Å². The van der Waals surface area contributed by atoms with Crippen LogP contribution in [0.1, 0.15) is 31.0 Å². The zero-order valence-electron chi connectivity index (χ0n) is 13.7. The standard InChI is InChI=1S/C17H22N6/c1-13-8-20-22(10-13)15(3)14(2)19-9-16-6-4-5-7-17(16)23-12-18-11-21-23/h4-8,10-12,14-15,19H,9H2,1-3H3/t14-,15+/m0/s1. The summed E-state index contributed by atoms with van der Waals surface area (Å²) in [6.45, 7) is 7.18. The number of aromatic nitrogens is 5. The largest absolute Gasteiger partial charge is 0.308 e. The molecular weight excluding hydrogens is 288 g/mol. The van der Waals surface area contributed by atoms with Gasteiger partial charge in [-0.05, 0) is 38.0 Å². The van der Waals surface area contributed by atoms with E-state index in [-0.39, 0.29) is 12.1 Å². The van der Waals surface area contributed by atoms with Crippen molar-refractivity contribution in [2.75, 3.05) is 0 Å². The van der Waals surface area contributed by atoms with Crippen molar-refractivity contribution in [2.45, 2.75) is 39.4 Å². The van der Waals surface area contributed by atoms with E-state index in [2.05, 4.69) is 59.6 Å². The molecule has 0 radical (unpaired) electrons. The molecule has 2 atom stereocenters. The summed E-state index contributed by atoms with van der Waals surface area (Å²) in [5, 5.41) is 12.2. The molecule has 0 saturated heterocycles. The first kappa shape index (κ1) is 15.4. The maximum absolute atomic E-state index is 4.40. The van der Waals surface area contributed by atoms with Crippen molar-refractivity contribution in [3.63, 3.8) is 0 Å². The van der Waals surface area contributed by atoms with Crippen LogP contribution < -0.4 is 5.32 Å². The molecule has 1 aromatic carbocycles. The molecule has 1 N–H and O–H groups in total. The number of benzene rings is 1. The minimum Gasteiger partial charge on any atom is -0.308 e. The Balaban J connectivity index is 1.69. The van der Waals surface area contributed by atoms with Crippen molar-refractivity contribution in [1.29, 1.82) is 0 Å². The van der Waals surface area contributed by atoms with E-state index in [9.17, 15) is 0 Å². The third-order valence-electron chi connectivity index (χ3n) is 4.14. The van der Waals surface area contributed by atoms with Crippen LogP contribution in [-0.4, -0.2) is 30.6 Å². The molecule has 2 heterocycles. The maximum Gasteiger partial charge on any atom is 0.138 e. The van der Waals surface area contributed by atoms with Crippen LogP contribution in [0.4, 0.5) is 0 Å². The molecule has 0 unspecified atom stereocenters. The molecule has 23 heavy (non-hydrogen) atoms. The molecule has 3 rings (SSSR count). The lowest BCUT2D eigenvalue weighted by Gasteiger charge is -2.22. The highest BCUT2D eigenvalue weighted by Gasteiger charge is 2.15. The lowest BCUT2D eigenvalue weighted by Crippen LogP contribution is -2.33. The average Bonchev–Trinajstić information content (AvgIpc) is 3.23. The highest BCUT2D eigenvalue weighted by molar-refractivity contribution is 5.39. The van der Waals surface area contributed by atoms with Crippen molar-refractivity contribution in [1.82, 2.24) is 29.9 Å². The summed E-state index contributed by atoms with van der Waals surface area (Å²) in [6, 6.07) is 8.79. The third kappa shape index (κ3) is 3.48.